The molecular formula is C18H21N3O4. The van der Waals surface area contributed by atoms with Gasteiger partial charge in [0, 0.05) is 6.20 Å². The maximum absolute atomic E-state index is 12.5. The molecule has 7 nitrogen and oxygen atoms in total. The van der Waals surface area contributed by atoms with E-state index in [1.54, 1.807) is 12.3 Å². The summed E-state index contributed by atoms with van der Waals surface area (Å²) in [5, 5.41) is 11.6. The van der Waals surface area contributed by atoms with Gasteiger partial charge in [0.2, 0.25) is 0 Å². The maximum atomic E-state index is 12.5. The van der Waals surface area contributed by atoms with Gasteiger partial charge in [-0.25, -0.2) is 4.79 Å². The molecule has 0 aliphatic heterocycles. The van der Waals surface area contributed by atoms with Crippen LogP contribution in [-0.4, -0.2) is 34.1 Å². The molecule has 25 heavy (non-hydrogen) atoms. The highest BCUT2D eigenvalue weighted by molar-refractivity contribution is 5.96. The summed E-state index contributed by atoms with van der Waals surface area (Å²) in [6.45, 7) is 0.658. The van der Waals surface area contributed by atoms with Gasteiger partial charge in [-0.3, -0.25) is 9.59 Å². The van der Waals surface area contributed by atoms with Crippen LogP contribution in [0.5, 0.6) is 0 Å². The lowest BCUT2D eigenvalue weighted by atomic mass is 10.1. The summed E-state index contributed by atoms with van der Waals surface area (Å²) >= 11 is 0. The van der Waals surface area contributed by atoms with Crippen LogP contribution in [0.1, 0.15) is 28.8 Å². The van der Waals surface area contributed by atoms with Crippen molar-refractivity contribution in [2.75, 3.05) is 6.54 Å². The van der Waals surface area contributed by atoms with Crippen molar-refractivity contribution >= 4 is 11.9 Å². The summed E-state index contributed by atoms with van der Waals surface area (Å²) in [5.41, 5.74) is 5.75. The monoisotopic (exact) mass is 343 g/mol. The number of hydrogen-bond acceptors (Lipinski definition) is 4. The molecule has 7 heteroatoms. The van der Waals surface area contributed by atoms with E-state index in [2.05, 4.69) is 5.32 Å². The predicted octanol–water partition coefficient (Wildman–Crippen LogP) is 0.818. The van der Waals surface area contributed by atoms with Gasteiger partial charge in [0.25, 0.3) is 11.5 Å². The zero-order valence-electron chi connectivity index (χ0n) is 13.7. The lowest BCUT2D eigenvalue weighted by Gasteiger charge is -2.14. The van der Waals surface area contributed by atoms with E-state index >= 15 is 0 Å². The Morgan fingerprint density at radius 1 is 1.16 bits per heavy atom. The van der Waals surface area contributed by atoms with Gasteiger partial charge < -0.3 is 20.7 Å². The number of nitrogens with one attached hydrogen (secondary N) is 1. The van der Waals surface area contributed by atoms with Crippen molar-refractivity contribution in [1.82, 2.24) is 9.88 Å². The molecule has 1 aromatic carbocycles. The fraction of sp³-hybridized carbons (Fsp3) is 0.278. The number of carboxylic acid groups (broad SMARTS) is 1. The lowest BCUT2D eigenvalue weighted by molar-refractivity contribution is -0.139. The van der Waals surface area contributed by atoms with Crippen molar-refractivity contribution < 1.29 is 14.7 Å². The summed E-state index contributed by atoms with van der Waals surface area (Å²) in [4.78, 5) is 36.1. The number of benzene rings is 1. The van der Waals surface area contributed by atoms with E-state index in [4.69, 9.17) is 5.73 Å². The van der Waals surface area contributed by atoms with Crippen molar-refractivity contribution in [3.05, 3.63) is 70.1 Å². The standard InChI is InChI=1S/C18H21N3O4/c19-10-4-9-15(18(24)25)20-16(22)14-8-5-11-21(17(14)23)12-13-6-2-1-3-7-13/h1-3,5-8,11,15H,4,9-10,12,19H2,(H,20,22)(H,24,25). The van der Waals surface area contributed by atoms with Crippen LogP contribution >= 0.6 is 0 Å². The molecule has 2 rings (SSSR count). The SMILES string of the molecule is NCCCC(NC(=O)c1cccn(Cc2ccccc2)c1=O)C(=O)O. The second-order valence-corrected chi connectivity index (χ2v) is 5.64. The molecule has 0 fully saturated rings. The van der Waals surface area contributed by atoms with Crippen LogP contribution in [0.4, 0.5) is 0 Å². The Bertz CT molecular complexity index is 786. The van der Waals surface area contributed by atoms with E-state index in [1.165, 1.54) is 10.6 Å². The number of amides is 1. The van der Waals surface area contributed by atoms with E-state index in [1.807, 2.05) is 30.3 Å². The zero-order valence-corrected chi connectivity index (χ0v) is 13.7. The first-order valence-electron chi connectivity index (χ1n) is 8.00. The first-order valence-corrected chi connectivity index (χ1v) is 8.00. The van der Waals surface area contributed by atoms with Gasteiger partial charge in [-0.2, -0.15) is 0 Å². The third-order valence-electron chi connectivity index (χ3n) is 3.76. The Morgan fingerprint density at radius 2 is 1.88 bits per heavy atom. The molecule has 0 aliphatic rings. The molecule has 0 spiro atoms. The number of hydrogen-bond donors (Lipinski definition) is 3. The van der Waals surface area contributed by atoms with Crippen molar-refractivity contribution in [2.24, 2.45) is 5.73 Å². The highest BCUT2D eigenvalue weighted by Crippen LogP contribution is 2.03. The predicted molar refractivity (Wildman–Crippen MR) is 93.4 cm³/mol. The van der Waals surface area contributed by atoms with Crippen LogP contribution in [-0.2, 0) is 11.3 Å². The number of nitrogens with zero attached hydrogens (tertiary/aromatic N) is 1. The molecule has 0 saturated heterocycles. The number of pyridine rings is 1. The number of carbonyl (C=O) groups is 2. The van der Waals surface area contributed by atoms with Crippen LogP contribution < -0.4 is 16.6 Å². The fourth-order valence-electron chi connectivity index (χ4n) is 2.43. The molecule has 2 aromatic rings. The van der Waals surface area contributed by atoms with Gasteiger partial charge in [-0.15, -0.1) is 0 Å². The lowest BCUT2D eigenvalue weighted by Crippen LogP contribution is -2.43. The van der Waals surface area contributed by atoms with Crippen molar-refractivity contribution in [3.8, 4) is 0 Å². The Morgan fingerprint density at radius 3 is 2.52 bits per heavy atom. The van der Waals surface area contributed by atoms with Crippen LogP contribution in [0.2, 0.25) is 0 Å². The van der Waals surface area contributed by atoms with Crippen molar-refractivity contribution in [1.29, 1.82) is 0 Å². The number of nitrogens with two attached hydrogens (primary N) is 1. The minimum Gasteiger partial charge on any atom is -0.480 e. The minimum absolute atomic E-state index is 0.0857. The van der Waals surface area contributed by atoms with Gasteiger partial charge in [0.15, 0.2) is 0 Å². The van der Waals surface area contributed by atoms with Crippen molar-refractivity contribution in [3.63, 3.8) is 0 Å². The smallest absolute Gasteiger partial charge is 0.326 e. The fourth-order valence-corrected chi connectivity index (χ4v) is 2.43. The first-order chi connectivity index (χ1) is 12.0. The zero-order chi connectivity index (χ0) is 18.2. The van der Waals surface area contributed by atoms with Crippen LogP contribution in [0, 0.1) is 0 Å². The Labute approximate surface area is 145 Å². The number of aliphatic carboxylic acids is 1. The molecule has 0 bridgehead atoms. The highest BCUT2D eigenvalue weighted by atomic mass is 16.4. The van der Waals surface area contributed by atoms with Crippen LogP contribution in [0.15, 0.2) is 53.5 Å². The van der Waals surface area contributed by atoms with Crippen molar-refractivity contribution in [2.45, 2.75) is 25.4 Å². The van der Waals surface area contributed by atoms with Crippen LogP contribution in [0.3, 0.4) is 0 Å². The number of aromatic nitrogens is 1. The largest absolute Gasteiger partial charge is 0.480 e. The highest BCUT2D eigenvalue weighted by Gasteiger charge is 2.21. The summed E-state index contributed by atoms with van der Waals surface area (Å²) in [7, 11) is 0. The molecule has 0 radical (unpaired) electrons. The maximum Gasteiger partial charge on any atom is 0.326 e. The second-order valence-electron chi connectivity index (χ2n) is 5.64. The molecule has 132 valence electrons. The number of carbonyl (C=O) groups excluding carboxylic acids is 1. The summed E-state index contributed by atoms with van der Waals surface area (Å²) in [5.74, 6) is -1.85. The van der Waals surface area contributed by atoms with Gasteiger partial charge in [0.1, 0.15) is 11.6 Å². The molecular weight excluding hydrogens is 322 g/mol. The molecule has 1 unspecified atom stereocenters. The summed E-state index contributed by atoms with van der Waals surface area (Å²) in [6, 6.07) is 11.3. The summed E-state index contributed by atoms with van der Waals surface area (Å²) in [6.07, 6.45) is 2.27. The molecule has 1 amide bonds. The quantitative estimate of drug-likeness (QED) is 0.656. The topological polar surface area (TPSA) is 114 Å². The number of rotatable bonds is 8. The van der Waals surface area contributed by atoms with E-state index in [0.717, 1.165) is 5.56 Å². The normalized spacial score (nSPS) is 11.7. The molecule has 1 aromatic heterocycles. The van der Waals surface area contributed by atoms with Gasteiger partial charge in [-0.05, 0) is 37.1 Å². The number of carboxylic acids is 1. The van der Waals surface area contributed by atoms with Gasteiger partial charge >= 0.3 is 5.97 Å². The Hall–Kier alpha value is -2.93. The Balaban J connectivity index is 2.18. The van der Waals surface area contributed by atoms with Crippen LogP contribution in [0.25, 0.3) is 0 Å². The van der Waals surface area contributed by atoms with E-state index < -0.39 is 23.5 Å². The van der Waals surface area contributed by atoms with E-state index in [0.29, 0.717) is 19.5 Å². The van der Waals surface area contributed by atoms with Gasteiger partial charge in [-0.1, -0.05) is 30.3 Å². The molecule has 1 atom stereocenters. The van der Waals surface area contributed by atoms with Gasteiger partial charge in [0.05, 0.1) is 6.54 Å². The average molecular weight is 343 g/mol. The Kier molecular flexibility index (Phi) is 6.47. The molecule has 0 aliphatic carbocycles. The molecule has 0 saturated carbocycles. The minimum atomic E-state index is -1.15. The third-order valence-corrected chi connectivity index (χ3v) is 3.76. The second kappa shape index (κ2) is 8.79. The molecule has 1 heterocycles. The molecule has 4 N–H and O–H groups in total. The summed E-state index contributed by atoms with van der Waals surface area (Å²) < 4.78 is 1.42. The first kappa shape index (κ1) is 18.4. The average Bonchev–Trinajstić information content (AvgIpc) is 2.61. The van der Waals surface area contributed by atoms with E-state index in [-0.39, 0.29) is 12.0 Å². The third kappa shape index (κ3) is 5.02. The van der Waals surface area contributed by atoms with E-state index in [9.17, 15) is 19.5 Å².